The van der Waals surface area contributed by atoms with Crippen molar-refractivity contribution in [2.45, 2.75) is 186 Å². The number of aliphatic hydroxyl groups is 1. The number of ketones is 2. The number of anilines is 1. The Kier molecular flexibility index (Phi) is 26.9. The third-order valence-corrected chi connectivity index (χ3v) is 19.8. The zero-order valence-corrected chi connectivity index (χ0v) is 57.9. The maximum atomic E-state index is 14.7. The van der Waals surface area contributed by atoms with Crippen molar-refractivity contribution in [2.75, 3.05) is 43.3 Å². The van der Waals surface area contributed by atoms with Gasteiger partial charge in [0, 0.05) is 87.5 Å². The van der Waals surface area contributed by atoms with Crippen LogP contribution < -0.4 is 21.3 Å². The van der Waals surface area contributed by atoms with Gasteiger partial charge in [-0.3, -0.25) is 38.5 Å². The predicted molar refractivity (Wildman–Crippen MR) is 352 cm³/mol. The number of unbranched alkanes of at least 4 members (excludes halogenated alkanes) is 1. The molecule has 21 nitrogen and oxygen atoms in total. The molecule has 2 aromatic carbocycles. The lowest BCUT2D eigenvalue weighted by Gasteiger charge is -2.41. The number of allylic oxidation sites excluding steroid dienone is 3. The Hall–Kier alpha value is -6.11. The first-order valence-corrected chi connectivity index (χ1v) is 33.7. The van der Waals surface area contributed by atoms with Crippen LogP contribution in [-0.4, -0.2) is 160 Å². The SMILES string of the molecule is CO[C@@H]1/C=C/C=C(\C)Cc2cc(C)c(Cl)c(c2)N(C)C(=O)C[C@H](OC(=O)[C@H](C)N(C)C(=O)c2ccc(CC(=O)[C@H](CCCNC(N)=O)NC(=O)[C@@H](CC(=O)CCCCC(C)OC(=O)C(CBr)CBr)C(C)C)c3cccnc23)[C@]2(C)O[C@H]2[C@H](C)[C@@H]2C[C@@]1(O)CC(=O)O2. The molecular weight excluding hydrogens is 1320 g/mol. The molecule has 0 radical (unpaired) electrons. The maximum Gasteiger partial charge on any atom is 0.328 e. The summed E-state index contributed by atoms with van der Waals surface area (Å²) in [6.45, 7) is 14.3. The Morgan fingerprint density at radius 1 is 1.00 bits per heavy atom. The molecular formula is C67H89Br2ClN6O15. The molecule has 4 heterocycles. The highest BCUT2D eigenvalue weighted by Gasteiger charge is 2.64. The normalized spacial score (nSPS) is 24.2. The number of carbonyl (C=O) groups is 9. The van der Waals surface area contributed by atoms with Crippen molar-refractivity contribution in [1.29, 1.82) is 0 Å². The lowest BCUT2D eigenvalue weighted by Crippen LogP contribution is -2.53. The molecule has 3 aromatic rings. The van der Waals surface area contributed by atoms with E-state index in [9.17, 15) is 48.3 Å². The van der Waals surface area contributed by atoms with Gasteiger partial charge in [-0.15, -0.1) is 0 Å². The first-order chi connectivity index (χ1) is 43.0. The first-order valence-electron chi connectivity index (χ1n) is 31.0. The number of nitrogens with one attached hydrogen (secondary N) is 2. The minimum absolute atomic E-state index is 0.00969. The number of epoxide rings is 1. The number of fused-ring (bicyclic) bond motifs is 6. The summed E-state index contributed by atoms with van der Waals surface area (Å²) in [6.07, 6.45) is 4.57. The van der Waals surface area contributed by atoms with Gasteiger partial charge in [-0.1, -0.05) is 106 Å². The highest BCUT2D eigenvalue weighted by Crippen LogP contribution is 2.50. The zero-order valence-electron chi connectivity index (χ0n) is 53.9. The van der Waals surface area contributed by atoms with Crippen molar-refractivity contribution >= 4 is 113 Å². The standard InChI is InChI=1S/C67H89Br2ClN6O15/c1-37(2)49(31-46(77)19-13-12-18-40(5)88-64(84)45(35-68)36-69)61(81)74-50(21-16-26-73-65(71)85)52(78)30-44-23-24-48(59-47(44)20-15-25-72-59)62(82)75(9)42(7)63(83)90-55-32-56(79)76(10)51-29-43(28-39(4)58(51)70)27-38(3)17-14-22-54(87-11)67(86)33-53(89-57(80)34-67)41(6)60-66(55,8)91-60/h14-15,17,20,22-25,28-29,37,40-42,45,49-50,53-55,60,86H,12-13,16,18-19,21,26-27,30-36H2,1-11H3,(H,74,81)(H3,71,73,85)/b22-14+,38-17+/t40?,41-,42+,49+,50+,53+,54-,55+,60+,66+,67-/m1/s1. The summed E-state index contributed by atoms with van der Waals surface area (Å²) in [6, 6.07) is 7.16. The molecule has 498 valence electrons. The molecule has 1 unspecified atom stereocenters. The first kappa shape index (κ1) is 73.9. The van der Waals surface area contributed by atoms with Gasteiger partial charge in [-0.25, -0.2) is 9.59 Å². The van der Waals surface area contributed by atoms with Gasteiger partial charge >= 0.3 is 23.9 Å². The van der Waals surface area contributed by atoms with Gasteiger partial charge in [0.15, 0.2) is 5.78 Å². The van der Waals surface area contributed by atoms with Crippen LogP contribution >= 0.6 is 43.5 Å². The van der Waals surface area contributed by atoms with E-state index in [0.29, 0.717) is 58.0 Å². The van der Waals surface area contributed by atoms with Gasteiger partial charge < -0.3 is 55.0 Å². The lowest BCUT2D eigenvalue weighted by molar-refractivity contribution is -0.187. The minimum Gasteiger partial charge on any atom is -0.462 e. The second-order valence-corrected chi connectivity index (χ2v) is 26.8. The van der Waals surface area contributed by atoms with Crippen LogP contribution in [0.4, 0.5) is 10.5 Å². The Balaban J connectivity index is 1.20. The van der Waals surface area contributed by atoms with Crippen LogP contribution in [0.3, 0.4) is 0 Å². The summed E-state index contributed by atoms with van der Waals surface area (Å²) in [4.78, 5) is 130. The Bertz CT molecular complexity index is 3230. The van der Waals surface area contributed by atoms with E-state index in [1.165, 1.54) is 43.1 Å². The second kappa shape index (κ2) is 33.1. The number of carbonyl (C=O) groups excluding carboxylic acids is 9. The molecule has 11 atom stereocenters. The fourth-order valence-corrected chi connectivity index (χ4v) is 13.7. The van der Waals surface area contributed by atoms with Gasteiger partial charge in [0.25, 0.3) is 5.91 Å². The number of halogens is 3. The second-order valence-electron chi connectivity index (χ2n) is 25.1. The van der Waals surface area contributed by atoms with Crippen molar-refractivity contribution in [1.82, 2.24) is 20.5 Å². The number of alkyl halides is 2. The summed E-state index contributed by atoms with van der Waals surface area (Å²) >= 11 is 13.6. The number of likely N-dealkylation sites (N-methyl/N-ethyl adjacent to an activating group) is 1. The average molecular weight is 1410 g/mol. The topological polar surface area (TPSA) is 293 Å². The number of nitrogens with two attached hydrogens (primary N) is 1. The summed E-state index contributed by atoms with van der Waals surface area (Å²) in [5.74, 6) is -5.83. The summed E-state index contributed by atoms with van der Waals surface area (Å²) in [5.41, 5.74) is 6.10. The maximum absolute atomic E-state index is 14.7. The molecule has 4 bridgehead atoms. The number of aromatic nitrogens is 1. The number of benzene rings is 2. The number of hydrogen-bond acceptors (Lipinski definition) is 16. The molecule has 24 heteroatoms. The minimum atomic E-state index is -1.65. The zero-order chi connectivity index (χ0) is 67.2. The fraction of sp³-hybridized carbons (Fsp3) is 0.582. The van der Waals surface area contributed by atoms with Crippen molar-refractivity contribution < 1.29 is 71.9 Å². The molecule has 0 saturated carbocycles. The molecule has 5 N–H and O–H groups in total. The van der Waals surface area contributed by atoms with Crippen LogP contribution in [0.5, 0.6) is 0 Å². The largest absolute Gasteiger partial charge is 0.462 e. The molecule has 0 spiro atoms. The number of urea groups is 1. The smallest absolute Gasteiger partial charge is 0.328 e. The predicted octanol–water partition coefficient (Wildman–Crippen LogP) is 9.10. The highest BCUT2D eigenvalue weighted by atomic mass is 79.9. The molecule has 91 heavy (non-hydrogen) atoms. The Morgan fingerprint density at radius 2 is 1.71 bits per heavy atom. The Labute approximate surface area is 555 Å². The number of nitrogens with zero attached hydrogens (tertiary/aromatic N) is 3. The van der Waals surface area contributed by atoms with E-state index in [1.807, 2.05) is 52.8 Å². The highest BCUT2D eigenvalue weighted by molar-refractivity contribution is 9.09. The van der Waals surface area contributed by atoms with Crippen LogP contribution in [0.1, 0.15) is 140 Å². The monoisotopic (exact) mass is 1410 g/mol. The van der Waals surface area contributed by atoms with Crippen LogP contribution in [0.2, 0.25) is 5.02 Å². The van der Waals surface area contributed by atoms with Crippen molar-refractivity contribution in [3.8, 4) is 0 Å². The van der Waals surface area contributed by atoms with E-state index < -0.39 is 102 Å². The number of pyridine rings is 1. The number of primary amides is 1. The van der Waals surface area contributed by atoms with E-state index in [0.717, 1.165) is 16.7 Å². The van der Waals surface area contributed by atoms with Crippen molar-refractivity contribution in [3.63, 3.8) is 0 Å². The molecule has 3 aliphatic heterocycles. The van der Waals surface area contributed by atoms with Gasteiger partial charge in [-0.2, -0.15) is 0 Å². The molecule has 5 amide bonds. The van der Waals surface area contributed by atoms with Crippen LogP contribution in [0, 0.1) is 30.6 Å². The molecule has 1 aromatic heterocycles. The van der Waals surface area contributed by atoms with Crippen LogP contribution in [0.25, 0.3) is 10.9 Å². The fourth-order valence-electron chi connectivity index (χ4n) is 11.9. The number of hydrogen-bond donors (Lipinski definition) is 4. The van der Waals surface area contributed by atoms with E-state index in [1.54, 1.807) is 51.2 Å². The van der Waals surface area contributed by atoms with Gasteiger partial charge in [0.1, 0.15) is 41.3 Å². The van der Waals surface area contributed by atoms with E-state index >= 15 is 0 Å². The number of amides is 5. The quantitative estimate of drug-likeness (QED) is 0.0191. The number of Topliss-reactive ketones (excluding diaryl/α,β-unsaturated/α-hetero) is 2. The van der Waals surface area contributed by atoms with Crippen molar-refractivity contribution in [2.24, 2.45) is 29.4 Å². The molecule has 2 fully saturated rings. The van der Waals surface area contributed by atoms with Gasteiger partial charge in [-0.05, 0) is 114 Å². The summed E-state index contributed by atoms with van der Waals surface area (Å²) < 4.78 is 29.9. The number of ether oxygens (including phenoxy) is 5. The molecule has 3 aliphatic rings. The lowest BCUT2D eigenvalue weighted by atomic mass is 9.78. The van der Waals surface area contributed by atoms with Gasteiger partial charge in [0.2, 0.25) is 11.8 Å². The van der Waals surface area contributed by atoms with Crippen LogP contribution in [0.15, 0.2) is 66.4 Å². The number of rotatable bonds is 26. The van der Waals surface area contributed by atoms with E-state index in [4.69, 9.17) is 41.0 Å². The number of esters is 3. The van der Waals surface area contributed by atoms with Crippen molar-refractivity contribution in [3.05, 3.63) is 93.7 Å². The average Bonchev–Trinajstić information content (AvgIpc) is 1.60. The third kappa shape index (κ3) is 19.3. The van der Waals surface area contributed by atoms with E-state index in [2.05, 4.69) is 47.5 Å². The summed E-state index contributed by atoms with van der Waals surface area (Å²) in [7, 11) is 4.46. The number of methoxy groups -OCH3 is 1. The molecule has 2 saturated heterocycles. The molecule has 0 aliphatic carbocycles. The molecule has 6 rings (SSSR count). The third-order valence-electron chi connectivity index (χ3n) is 17.8. The number of aryl methyl sites for hydroxylation is 1. The Morgan fingerprint density at radius 3 is 2.38 bits per heavy atom. The van der Waals surface area contributed by atoms with Crippen LogP contribution in [-0.2, 0) is 70.1 Å². The van der Waals surface area contributed by atoms with E-state index in [-0.39, 0.29) is 98.0 Å². The summed E-state index contributed by atoms with van der Waals surface area (Å²) in [5, 5.41) is 19.2. The van der Waals surface area contributed by atoms with Gasteiger partial charge in [0.05, 0.1) is 58.8 Å².